The standard InChI is InChI=1S/C13H11BrN4O/c1-8-16-12(11(7-15)18(8)2)17-13(19)9-3-5-10(14)6-4-9/h3-6H,1-2H3,(H,17,19). The van der Waals surface area contributed by atoms with Crippen molar-refractivity contribution in [3.8, 4) is 6.07 Å². The van der Waals surface area contributed by atoms with Crippen LogP contribution in [-0.4, -0.2) is 15.5 Å². The minimum Gasteiger partial charge on any atom is -0.321 e. The second kappa shape index (κ2) is 5.24. The van der Waals surface area contributed by atoms with Crippen LogP contribution < -0.4 is 5.32 Å². The van der Waals surface area contributed by atoms with Crippen LogP contribution in [-0.2, 0) is 7.05 Å². The van der Waals surface area contributed by atoms with Crippen molar-refractivity contribution < 1.29 is 4.79 Å². The number of aryl methyl sites for hydroxylation is 1. The molecule has 1 amide bonds. The molecule has 0 saturated carbocycles. The fraction of sp³-hybridized carbons (Fsp3) is 0.154. The number of anilines is 1. The van der Waals surface area contributed by atoms with Crippen molar-refractivity contribution in [1.29, 1.82) is 5.26 Å². The number of amides is 1. The molecule has 0 atom stereocenters. The summed E-state index contributed by atoms with van der Waals surface area (Å²) in [4.78, 5) is 16.2. The molecule has 0 saturated heterocycles. The molecule has 19 heavy (non-hydrogen) atoms. The highest BCUT2D eigenvalue weighted by Crippen LogP contribution is 2.16. The summed E-state index contributed by atoms with van der Waals surface area (Å²) in [7, 11) is 1.73. The van der Waals surface area contributed by atoms with Crippen molar-refractivity contribution in [2.24, 2.45) is 7.05 Å². The summed E-state index contributed by atoms with van der Waals surface area (Å²) < 4.78 is 2.53. The largest absolute Gasteiger partial charge is 0.321 e. The van der Waals surface area contributed by atoms with Gasteiger partial charge < -0.3 is 9.88 Å². The molecule has 0 bridgehead atoms. The highest BCUT2D eigenvalue weighted by atomic mass is 79.9. The number of nitrogens with zero attached hydrogens (tertiary/aromatic N) is 3. The molecule has 1 aromatic heterocycles. The van der Waals surface area contributed by atoms with Crippen LogP contribution in [0.4, 0.5) is 5.82 Å². The van der Waals surface area contributed by atoms with Gasteiger partial charge in [0.05, 0.1) is 0 Å². The summed E-state index contributed by atoms with van der Waals surface area (Å²) in [5, 5.41) is 11.7. The molecule has 0 unspecified atom stereocenters. The number of nitrogens with one attached hydrogen (secondary N) is 1. The first kappa shape index (κ1) is 13.3. The maximum atomic E-state index is 12.0. The Bertz CT molecular complexity index is 667. The highest BCUT2D eigenvalue weighted by molar-refractivity contribution is 9.10. The summed E-state index contributed by atoms with van der Waals surface area (Å²) in [5.74, 6) is 0.667. The zero-order valence-corrected chi connectivity index (χ0v) is 12.0. The number of rotatable bonds is 2. The lowest BCUT2D eigenvalue weighted by molar-refractivity contribution is 0.102. The molecule has 0 spiro atoms. The number of imidazole rings is 1. The van der Waals surface area contributed by atoms with Crippen LogP contribution >= 0.6 is 15.9 Å². The fourth-order valence-electron chi connectivity index (χ4n) is 1.61. The first-order valence-electron chi connectivity index (χ1n) is 5.53. The molecule has 6 heteroatoms. The molecule has 1 heterocycles. The SMILES string of the molecule is Cc1nc(NC(=O)c2ccc(Br)cc2)c(C#N)n1C. The van der Waals surface area contributed by atoms with E-state index < -0.39 is 0 Å². The van der Waals surface area contributed by atoms with E-state index in [1.807, 2.05) is 6.07 Å². The van der Waals surface area contributed by atoms with Gasteiger partial charge in [-0.1, -0.05) is 15.9 Å². The lowest BCUT2D eigenvalue weighted by Crippen LogP contribution is -2.13. The van der Waals surface area contributed by atoms with Crippen LogP contribution in [0.3, 0.4) is 0 Å². The van der Waals surface area contributed by atoms with E-state index >= 15 is 0 Å². The van der Waals surface area contributed by atoms with Gasteiger partial charge in [-0.15, -0.1) is 0 Å². The number of benzene rings is 1. The Balaban J connectivity index is 2.27. The molecule has 0 fully saturated rings. The molecular formula is C13H11BrN4O. The molecule has 96 valence electrons. The maximum Gasteiger partial charge on any atom is 0.256 e. The zero-order valence-electron chi connectivity index (χ0n) is 10.4. The first-order valence-corrected chi connectivity index (χ1v) is 6.32. The van der Waals surface area contributed by atoms with E-state index in [4.69, 9.17) is 5.26 Å². The smallest absolute Gasteiger partial charge is 0.256 e. The van der Waals surface area contributed by atoms with Gasteiger partial charge in [0.15, 0.2) is 11.5 Å². The van der Waals surface area contributed by atoms with Gasteiger partial charge in [-0.3, -0.25) is 4.79 Å². The Kier molecular flexibility index (Phi) is 3.67. The second-order valence-corrected chi connectivity index (χ2v) is 4.90. The fourth-order valence-corrected chi connectivity index (χ4v) is 1.87. The van der Waals surface area contributed by atoms with E-state index in [-0.39, 0.29) is 11.7 Å². The van der Waals surface area contributed by atoms with Crippen LogP contribution in [0.2, 0.25) is 0 Å². The average Bonchev–Trinajstić information content (AvgIpc) is 2.65. The Morgan fingerprint density at radius 1 is 1.42 bits per heavy atom. The highest BCUT2D eigenvalue weighted by Gasteiger charge is 2.15. The van der Waals surface area contributed by atoms with Crippen LogP contribution in [0, 0.1) is 18.3 Å². The van der Waals surface area contributed by atoms with E-state index in [0.29, 0.717) is 17.1 Å². The summed E-state index contributed by atoms with van der Waals surface area (Å²) in [6.45, 7) is 1.77. The molecule has 0 aliphatic heterocycles. The number of halogens is 1. The lowest BCUT2D eigenvalue weighted by atomic mass is 10.2. The normalized spacial score (nSPS) is 10.0. The third kappa shape index (κ3) is 2.66. The Morgan fingerprint density at radius 3 is 2.63 bits per heavy atom. The third-order valence-electron chi connectivity index (χ3n) is 2.76. The second-order valence-electron chi connectivity index (χ2n) is 3.99. The van der Waals surface area contributed by atoms with Crippen LogP contribution in [0.25, 0.3) is 0 Å². The Labute approximate surface area is 119 Å². The van der Waals surface area contributed by atoms with Gasteiger partial charge in [-0.05, 0) is 31.2 Å². The molecule has 1 N–H and O–H groups in total. The van der Waals surface area contributed by atoms with Gasteiger partial charge >= 0.3 is 0 Å². The van der Waals surface area contributed by atoms with Crippen molar-refractivity contribution in [3.63, 3.8) is 0 Å². The first-order chi connectivity index (χ1) is 9.02. The average molecular weight is 319 g/mol. The number of aromatic nitrogens is 2. The van der Waals surface area contributed by atoms with Crippen molar-refractivity contribution in [3.05, 3.63) is 45.8 Å². The van der Waals surface area contributed by atoms with Crippen molar-refractivity contribution in [2.75, 3.05) is 5.32 Å². The van der Waals surface area contributed by atoms with E-state index in [9.17, 15) is 4.79 Å². The number of carbonyl (C=O) groups is 1. The summed E-state index contributed by atoms with van der Waals surface area (Å²) in [6, 6.07) is 8.98. The summed E-state index contributed by atoms with van der Waals surface area (Å²) >= 11 is 3.31. The zero-order chi connectivity index (χ0) is 14.0. The third-order valence-corrected chi connectivity index (χ3v) is 3.29. The number of hydrogen-bond donors (Lipinski definition) is 1. The predicted octanol–water partition coefficient (Wildman–Crippen LogP) is 2.62. The predicted molar refractivity (Wildman–Crippen MR) is 74.8 cm³/mol. The van der Waals surface area contributed by atoms with E-state index in [1.165, 1.54) is 0 Å². The minimum atomic E-state index is -0.290. The van der Waals surface area contributed by atoms with Crippen molar-refractivity contribution >= 4 is 27.7 Å². The Morgan fingerprint density at radius 2 is 2.05 bits per heavy atom. The minimum absolute atomic E-state index is 0.287. The van der Waals surface area contributed by atoms with Crippen molar-refractivity contribution in [2.45, 2.75) is 6.92 Å². The quantitative estimate of drug-likeness (QED) is 0.925. The summed E-state index contributed by atoms with van der Waals surface area (Å²) in [5.41, 5.74) is 0.846. The molecule has 2 rings (SSSR count). The van der Waals surface area contributed by atoms with Crippen molar-refractivity contribution in [1.82, 2.24) is 9.55 Å². The number of carbonyl (C=O) groups excluding carboxylic acids is 1. The van der Waals surface area contributed by atoms with Gasteiger partial charge in [0, 0.05) is 17.1 Å². The monoisotopic (exact) mass is 318 g/mol. The molecule has 1 aromatic carbocycles. The van der Waals surface area contributed by atoms with Gasteiger partial charge in [-0.2, -0.15) is 5.26 Å². The van der Waals surface area contributed by atoms with Gasteiger partial charge in [0.2, 0.25) is 0 Å². The van der Waals surface area contributed by atoms with E-state index in [0.717, 1.165) is 4.47 Å². The Hall–Kier alpha value is -2.13. The number of nitriles is 1. The van der Waals surface area contributed by atoms with Crippen LogP contribution in [0.15, 0.2) is 28.7 Å². The molecular weight excluding hydrogens is 308 g/mol. The lowest BCUT2D eigenvalue weighted by Gasteiger charge is -2.03. The molecule has 5 nitrogen and oxygen atoms in total. The van der Waals surface area contributed by atoms with Gasteiger partial charge in [0.25, 0.3) is 5.91 Å². The van der Waals surface area contributed by atoms with Crippen LogP contribution in [0.5, 0.6) is 0 Å². The van der Waals surface area contributed by atoms with E-state index in [2.05, 4.69) is 26.2 Å². The molecule has 2 aromatic rings. The van der Waals surface area contributed by atoms with Gasteiger partial charge in [-0.25, -0.2) is 4.98 Å². The van der Waals surface area contributed by atoms with Crippen LogP contribution in [0.1, 0.15) is 21.9 Å². The summed E-state index contributed by atoms with van der Waals surface area (Å²) in [6.07, 6.45) is 0. The molecule has 0 aliphatic carbocycles. The maximum absolute atomic E-state index is 12.0. The molecule has 0 aliphatic rings. The topological polar surface area (TPSA) is 70.7 Å². The van der Waals surface area contributed by atoms with E-state index in [1.54, 1.807) is 42.8 Å². The van der Waals surface area contributed by atoms with Gasteiger partial charge in [0.1, 0.15) is 11.9 Å². The number of hydrogen-bond acceptors (Lipinski definition) is 3. The molecule has 0 radical (unpaired) electrons.